The van der Waals surface area contributed by atoms with Crippen molar-refractivity contribution in [3.8, 4) is 0 Å². The minimum Gasteiger partial charge on any atom is -0.462 e. The lowest BCUT2D eigenvalue weighted by Gasteiger charge is -2.09. The van der Waals surface area contributed by atoms with Gasteiger partial charge in [-0.15, -0.1) is 0 Å². The third-order valence-corrected chi connectivity index (χ3v) is 2.87. The summed E-state index contributed by atoms with van der Waals surface area (Å²) in [7, 11) is 1.65. The summed E-state index contributed by atoms with van der Waals surface area (Å²) >= 11 is 0. The quantitative estimate of drug-likeness (QED) is 0.881. The van der Waals surface area contributed by atoms with Gasteiger partial charge in [0.2, 0.25) is 0 Å². The molecule has 3 nitrogen and oxygen atoms in total. The number of ether oxygens (including phenoxy) is 1. The van der Waals surface area contributed by atoms with E-state index in [-0.39, 0.29) is 6.04 Å². The molecular weight excluding hydrogens is 226 g/mol. The van der Waals surface area contributed by atoms with Gasteiger partial charge in [-0.2, -0.15) is 0 Å². The monoisotopic (exact) mass is 245 g/mol. The minimum absolute atomic E-state index is 0.114. The van der Waals surface area contributed by atoms with Crippen molar-refractivity contribution < 1.29 is 9.15 Å². The lowest BCUT2D eigenvalue weighted by molar-refractivity contribution is 0.162. The van der Waals surface area contributed by atoms with Crippen LogP contribution in [0.4, 0.5) is 0 Å². The molecule has 0 spiro atoms. The molecule has 0 saturated heterocycles. The highest BCUT2D eigenvalue weighted by Gasteiger charge is 2.11. The van der Waals surface area contributed by atoms with Gasteiger partial charge in [0.25, 0.3) is 0 Å². The van der Waals surface area contributed by atoms with Crippen molar-refractivity contribution in [1.82, 2.24) is 0 Å². The zero-order valence-corrected chi connectivity index (χ0v) is 10.8. The number of hydrogen-bond donors (Lipinski definition) is 1. The smallest absolute Gasteiger partial charge is 0.129 e. The average molecular weight is 245 g/mol. The Balaban J connectivity index is 2.04. The van der Waals surface area contributed by atoms with E-state index < -0.39 is 0 Å². The predicted octanol–water partition coefficient (Wildman–Crippen LogP) is 2.98. The van der Waals surface area contributed by atoms with Crippen molar-refractivity contribution in [2.24, 2.45) is 5.73 Å². The number of nitrogens with two attached hydrogens (primary N) is 1. The maximum atomic E-state index is 6.15. The maximum absolute atomic E-state index is 6.15. The lowest BCUT2D eigenvalue weighted by Crippen LogP contribution is -2.12. The molecule has 96 valence electrons. The normalized spacial score (nSPS) is 12.6. The molecule has 2 N–H and O–H groups in total. The molecule has 2 rings (SSSR count). The molecule has 2 aromatic rings. The van der Waals surface area contributed by atoms with Crippen LogP contribution in [0.15, 0.2) is 40.8 Å². The molecule has 0 bridgehead atoms. The van der Waals surface area contributed by atoms with Crippen LogP contribution in [0.1, 0.15) is 28.7 Å². The Labute approximate surface area is 108 Å². The molecule has 1 unspecified atom stereocenters. The zero-order valence-electron chi connectivity index (χ0n) is 10.8. The van der Waals surface area contributed by atoms with Gasteiger partial charge in [0.15, 0.2) is 0 Å². The molecule has 0 fully saturated rings. The number of aryl methyl sites for hydroxylation is 1. The summed E-state index contributed by atoms with van der Waals surface area (Å²) in [5.74, 6) is 1.62. The van der Waals surface area contributed by atoms with Gasteiger partial charge in [-0.1, -0.05) is 29.8 Å². The number of benzene rings is 1. The van der Waals surface area contributed by atoms with E-state index in [9.17, 15) is 0 Å². The molecular formula is C15H19NO2. The van der Waals surface area contributed by atoms with Crippen LogP contribution in [0.5, 0.6) is 0 Å². The van der Waals surface area contributed by atoms with Crippen LogP contribution >= 0.6 is 0 Å². The Hall–Kier alpha value is -1.58. The van der Waals surface area contributed by atoms with Crippen LogP contribution in [-0.4, -0.2) is 7.11 Å². The Morgan fingerprint density at radius 3 is 2.83 bits per heavy atom. The van der Waals surface area contributed by atoms with Crippen molar-refractivity contribution >= 4 is 0 Å². The van der Waals surface area contributed by atoms with E-state index >= 15 is 0 Å². The van der Waals surface area contributed by atoms with Crippen molar-refractivity contribution in [3.05, 3.63) is 59.0 Å². The zero-order chi connectivity index (χ0) is 13.0. The Kier molecular flexibility index (Phi) is 4.18. The Morgan fingerprint density at radius 2 is 2.11 bits per heavy atom. The van der Waals surface area contributed by atoms with Gasteiger partial charge in [-0.05, 0) is 31.0 Å². The molecule has 0 amide bonds. The molecule has 1 atom stereocenters. The van der Waals surface area contributed by atoms with Crippen LogP contribution in [0.2, 0.25) is 0 Å². The second-order valence-electron chi connectivity index (χ2n) is 4.54. The van der Waals surface area contributed by atoms with Crippen LogP contribution < -0.4 is 5.73 Å². The van der Waals surface area contributed by atoms with E-state index in [1.54, 1.807) is 7.11 Å². The fourth-order valence-corrected chi connectivity index (χ4v) is 2.01. The molecule has 0 aliphatic carbocycles. The van der Waals surface area contributed by atoms with Gasteiger partial charge >= 0.3 is 0 Å². The van der Waals surface area contributed by atoms with E-state index in [0.29, 0.717) is 6.61 Å². The molecule has 0 aliphatic rings. The van der Waals surface area contributed by atoms with Gasteiger partial charge in [0.05, 0.1) is 6.04 Å². The van der Waals surface area contributed by atoms with Gasteiger partial charge in [-0.3, -0.25) is 0 Å². The molecule has 0 saturated carbocycles. The molecule has 3 heteroatoms. The summed E-state index contributed by atoms with van der Waals surface area (Å²) in [6, 6.07) is 12.1. The maximum Gasteiger partial charge on any atom is 0.129 e. The largest absolute Gasteiger partial charge is 0.462 e. The van der Waals surface area contributed by atoms with Crippen molar-refractivity contribution in [2.75, 3.05) is 7.11 Å². The van der Waals surface area contributed by atoms with Crippen LogP contribution in [-0.2, 0) is 17.8 Å². The highest BCUT2D eigenvalue weighted by molar-refractivity contribution is 5.24. The second kappa shape index (κ2) is 5.85. The van der Waals surface area contributed by atoms with E-state index in [4.69, 9.17) is 14.9 Å². The van der Waals surface area contributed by atoms with Gasteiger partial charge in [-0.25, -0.2) is 0 Å². The first kappa shape index (κ1) is 12.9. The standard InChI is InChI=1S/C15H19NO2/c1-11-4-3-5-12(8-11)9-14(16)15-7-6-13(18-15)10-17-2/h3-8,14H,9-10,16H2,1-2H3. The molecule has 0 aliphatic heterocycles. The molecule has 1 heterocycles. The molecule has 1 aromatic carbocycles. The molecule has 0 radical (unpaired) electrons. The van der Waals surface area contributed by atoms with Crippen LogP contribution in [0.25, 0.3) is 0 Å². The summed E-state index contributed by atoms with van der Waals surface area (Å²) in [4.78, 5) is 0. The molecule has 18 heavy (non-hydrogen) atoms. The highest BCUT2D eigenvalue weighted by Crippen LogP contribution is 2.19. The van der Waals surface area contributed by atoms with Gasteiger partial charge in [0.1, 0.15) is 18.1 Å². The van der Waals surface area contributed by atoms with E-state index in [0.717, 1.165) is 17.9 Å². The number of furan rings is 1. The minimum atomic E-state index is -0.114. The average Bonchev–Trinajstić information content (AvgIpc) is 2.78. The Bertz CT molecular complexity index is 505. The van der Waals surface area contributed by atoms with Gasteiger partial charge in [0, 0.05) is 7.11 Å². The topological polar surface area (TPSA) is 48.4 Å². The van der Waals surface area contributed by atoms with Gasteiger partial charge < -0.3 is 14.9 Å². The van der Waals surface area contributed by atoms with Crippen molar-refractivity contribution in [1.29, 1.82) is 0 Å². The summed E-state index contributed by atoms with van der Waals surface area (Å²) in [5.41, 5.74) is 8.63. The first-order valence-corrected chi connectivity index (χ1v) is 6.07. The summed E-state index contributed by atoms with van der Waals surface area (Å²) < 4.78 is 10.7. The fourth-order valence-electron chi connectivity index (χ4n) is 2.01. The first-order chi connectivity index (χ1) is 8.69. The van der Waals surface area contributed by atoms with Crippen LogP contribution in [0, 0.1) is 6.92 Å². The summed E-state index contributed by atoms with van der Waals surface area (Å²) in [5, 5.41) is 0. The van der Waals surface area contributed by atoms with Crippen molar-refractivity contribution in [2.45, 2.75) is 26.0 Å². The first-order valence-electron chi connectivity index (χ1n) is 6.07. The SMILES string of the molecule is COCc1ccc(C(N)Cc2cccc(C)c2)o1. The number of methoxy groups -OCH3 is 1. The second-order valence-corrected chi connectivity index (χ2v) is 4.54. The van der Waals surface area contributed by atoms with E-state index in [1.165, 1.54) is 11.1 Å². The lowest BCUT2D eigenvalue weighted by atomic mass is 10.0. The van der Waals surface area contributed by atoms with Crippen molar-refractivity contribution in [3.63, 3.8) is 0 Å². The highest BCUT2D eigenvalue weighted by atomic mass is 16.5. The number of rotatable bonds is 5. The third kappa shape index (κ3) is 3.22. The van der Waals surface area contributed by atoms with Crippen LogP contribution in [0.3, 0.4) is 0 Å². The Morgan fingerprint density at radius 1 is 1.28 bits per heavy atom. The number of hydrogen-bond acceptors (Lipinski definition) is 3. The summed E-state index contributed by atoms with van der Waals surface area (Å²) in [6.07, 6.45) is 0.779. The fraction of sp³-hybridized carbons (Fsp3) is 0.333. The summed E-state index contributed by atoms with van der Waals surface area (Å²) in [6.45, 7) is 2.57. The predicted molar refractivity (Wildman–Crippen MR) is 71.2 cm³/mol. The van der Waals surface area contributed by atoms with E-state index in [2.05, 4.69) is 31.2 Å². The van der Waals surface area contributed by atoms with E-state index in [1.807, 2.05) is 12.1 Å². The molecule has 1 aromatic heterocycles. The third-order valence-electron chi connectivity index (χ3n) is 2.87.